The third kappa shape index (κ3) is 5.61. The van der Waals surface area contributed by atoms with Gasteiger partial charge < -0.3 is 18.9 Å². The fraction of sp³-hybridized carbons (Fsp3) is 0.167. The predicted octanol–water partition coefficient (Wildman–Crippen LogP) is 5.12. The van der Waals surface area contributed by atoms with Gasteiger partial charge in [-0.05, 0) is 37.4 Å². The zero-order valence-electron chi connectivity index (χ0n) is 18.5. The van der Waals surface area contributed by atoms with Gasteiger partial charge in [0.15, 0.2) is 0 Å². The highest BCUT2D eigenvalue weighted by Crippen LogP contribution is 2.36. The van der Waals surface area contributed by atoms with Crippen molar-refractivity contribution in [3.8, 4) is 29.2 Å². The van der Waals surface area contributed by atoms with Crippen LogP contribution in [0.25, 0.3) is 5.57 Å². The second kappa shape index (κ2) is 11.0. The molecule has 3 rings (SSSR count). The molecule has 3 aromatic rings. The highest BCUT2D eigenvalue weighted by Gasteiger charge is 2.25. The molecule has 0 aliphatic rings. The zero-order chi connectivity index (χ0) is 23.8. The number of nitriles is 1. The maximum atomic E-state index is 12.4. The van der Waals surface area contributed by atoms with Gasteiger partial charge in [-0.2, -0.15) is 10.2 Å². The lowest BCUT2D eigenvalue weighted by atomic mass is 10.1. The molecular weight excluding hydrogens is 442 g/mol. The Morgan fingerprint density at radius 2 is 1.79 bits per heavy atom. The van der Waals surface area contributed by atoms with Gasteiger partial charge in [0.25, 0.3) is 0 Å². The summed E-state index contributed by atoms with van der Waals surface area (Å²) in [6.07, 6.45) is 3.10. The molecule has 0 aliphatic carbocycles. The fourth-order valence-electron chi connectivity index (χ4n) is 2.90. The smallest absolute Gasteiger partial charge is 0.341 e. The first-order valence-electron chi connectivity index (χ1n) is 9.69. The van der Waals surface area contributed by atoms with E-state index in [-0.39, 0.29) is 11.5 Å². The quantitative estimate of drug-likeness (QED) is 0.148. The first kappa shape index (κ1) is 23.6. The number of ether oxygens (including phenoxy) is 4. The average molecular weight is 464 g/mol. The van der Waals surface area contributed by atoms with Crippen molar-refractivity contribution >= 4 is 23.3 Å². The second-order valence-electron chi connectivity index (χ2n) is 6.51. The van der Waals surface area contributed by atoms with Gasteiger partial charge in [-0.15, -0.1) is 11.8 Å². The number of hydrogen-bond acceptors (Lipinski definition) is 9. The first-order chi connectivity index (χ1) is 16.0. The van der Waals surface area contributed by atoms with E-state index in [2.05, 4.69) is 16.0 Å². The molecule has 0 bridgehead atoms. The number of methoxy groups -OCH3 is 2. The Bertz CT molecular complexity index is 1240. The monoisotopic (exact) mass is 463 g/mol. The topological polar surface area (TPSA) is 104 Å². The summed E-state index contributed by atoms with van der Waals surface area (Å²) < 4.78 is 22.0. The van der Waals surface area contributed by atoms with Crippen molar-refractivity contribution in [3.05, 3.63) is 71.7 Å². The standard InChI is InChI=1S/C24H21N3O5S/c1-15-26-22(21(23(27-15)33-4)19(14-29-2)24(28)30-3)32-18-10-7-9-17(12-18)31-20-11-6-5-8-16(20)13-25/h5-12,14H,1-4H3. The molecule has 0 unspecified atom stereocenters. The Kier molecular flexibility index (Phi) is 7.89. The van der Waals surface area contributed by atoms with Crippen LogP contribution in [0.1, 0.15) is 17.0 Å². The van der Waals surface area contributed by atoms with Crippen molar-refractivity contribution in [2.75, 3.05) is 20.5 Å². The Hall–Kier alpha value is -4.03. The number of carbonyl (C=O) groups is 1. The van der Waals surface area contributed by atoms with Crippen LogP contribution in [0.15, 0.2) is 59.8 Å². The lowest BCUT2D eigenvalue weighted by molar-refractivity contribution is -0.133. The van der Waals surface area contributed by atoms with Gasteiger partial charge in [0.05, 0.1) is 31.6 Å². The molecule has 0 radical (unpaired) electrons. The van der Waals surface area contributed by atoms with Gasteiger partial charge in [0.2, 0.25) is 5.88 Å². The molecule has 0 saturated carbocycles. The Balaban J connectivity index is 2.02. The van der Waals surface area contributed by atoms with Crippen molar-refractivity contribution in [1.82, 2.24) is 9.97 Å². The summed E-state index contributed by atoms with van der Waals surface area (Å²) in [5, 5.41) is 9.82. The van der Waals surface area contributed by atoms with Crippen molar-refractivity contribution in [2.24, 2.45) is 0 Å². The number of carbonyl (C=O) groups excluding carboxylic acids is 1. The maximum absolute atomic E-state index is 12.4. The van der Waals surface area contributed by atoms with Gasteiger partial charge in [-0.3, -0.25) is 0 Å². The molecule has 0 amide bonds. The van der Waals surface area contributed by atoms with E-state index < -0.39 is 5.97 Å². The van der Waals surface area contributed by atoms with Crippen LogP contribution < -0.4 is 9.47 Å². The van der Waals surface area contributed by atoms with E-state index in [0.717, 1.165) is 0 Å². The van der Waals surface area contributed by atoms with E-state index in [0.29, 0.717) is 39.2 Å². The Morgan fingerprint density at radius 1 is 1.06 bits per heavy atom. The molecule has 33 heavy (non-hydrogen) atoms. The van der Waals surface area contributed by atoms with E-state index >= 15 is 0 Å². The number of hydrogen-bond donors (Lipinski definition) is 0. The Labute approximate surface area is 195 Å². The normalized spacial score (nSPS) is 10.8. The third-order valence-electron chi connectivity index (χ3n) is 4.31. The van der Waals surface area contributed by atoms with Crippen LogP contribution in [0.4, 0.5) is 0 Å². The third-order valence-corrected chi connectivity index (χ3v) is 5.00. The van der Waals surface area contributed by atoms with Crippen molar-refractivity contribution in [2.45, 2.75) is 11.9 Å². The van der Waals surface area contributed by atoms with Crippen molar-refractivity contribution in [3.63, 3.8) is 0 Å². The summed E-state index contributed by atoms with van der Waals surface area (Å²) >= 11 is 1.33. The number of esters is 1. The van der Waals surface area contributed by atoms with Crippen molar-refractivity contribution in [1.29, 1.82) is 5.26 Å². The van der Waals surface area contributed by atoms with Gasteiger partial charge in [-0.1, -0.05) is 18.2 Å². The molecule has 1 aromatic heterocycles. The second-order valence-corrected chi connectivity index (χ2v) is 7.30. The van der Waals surface area contributed by atoms with Gasteiger partial charge in [0, 0.05) is 6.07 Å². The van der Waals surface area contributed by atoms with E-state index in [1.54, 1.807) is 55.5 Å². The van der Waals surface area contributed by atoms with Crippen LogP contribution in [0.3, 0.4) is 0 Å². The summed E-state index contributed by atoms with van der Waals surface area (Å²) in [5.74, 6) is 1.32. The van der Waals surface area contributed by atoms with Crippen LogP contribution in [-0.4, -0.2) is 36.4 Å². The van der Waals surface area contributed by atoms with Crippen LogP contribution in [-0.2, 0) is 14.3 Å². The molecule has 0 spiro atoms. The van der Waals surface area contributed by atoms with E-state index in [1.165, 1.54) is 32.2 Å². The van der Waals surface area contributed by atoms with Crippen LogP contribution in [0.5, 0.6) is 23.1 Å². The summed E-state index contributed by atoms with van der Waals surface area (Å²) in [6, 6.07) is 15.9. The Morgan fingerprint density at radius 3 is 2.45 bits per heavy atom. The lowest BCUT2D eigenvalue weighted by Gasteiger charge is -2.15. The lowest BCUT2D eigenvalue weighted by Crippen LogP contribution is -2.10. The summed E-state index contributed by atoms with van der Waals surface area (Å²) in [5.41, 5.74) is 0.882. The molecule has 168 valence electrons. The van der Waals surface area contributed by atoms with E-state index in [4.69, 9.17) is 18.9 Å². The molecule has 0 aliphatic heterocycles. The van der Waals surface area contributed by atoms with Gasteiger partial charge in [0.1, 0.15) is 39.7 Å². The minimum absolute atomic E-state index is 0.120. The molecule has 0 saturated heterocycles. The highest BCUT2D eigenvalue weighted by atomic mass is 32.2. The predicted molar refractivity (Wildman–Crippen MR) is 123 cm³/mol. The summed E-state index contributed by atoms with van der Waals surface area (Å²) in [7, 11) is 2.71. The van der Waals surface area contributed by atoms with Crippen LogP contribution in [0, 0.1) is 18.3 Å². The molecule has 0 N–H and O–H groups in total. The number of aromatic nitrogens is 2. The minimum Gasteiger partial charge on any atom is -0.503 e. The fourth-order valence-corrected chi connectivity index (χ4v) is 3.52. The summed E-state index contributed by atoms with van der Waals surface area (Å²) in [4.78, 5) is 21.3. The minimum atomic E-state index is -0.616. The van der Waals surface area contributed by atoms with Gasteiger partial charge in [-0.25, -0.2) is 9.78 Å². The number of thioether (sulfide) groups is 1. The number of aryl methyl sites for hydroxylation is 1. The first-order valence-corrected chi connectivity index (χ1v) is 10.9. The highest BCUT2D eigenvalue weighted by molar-refractivity contribution is 7.98. The molecule has 9 heteroatoms. The molecule has 8 nitrogen and oxygen atoms in total. The van der Waals surface area contributed by atoms with Crippen molar-refractivity contribution < 1.29 is 23.7 Å². The molecule has 0 fully saturated rings. The number of rotatable bonds is 8. The molecular formula is C24H21N3O5S. The SMILES string of the molecule is COC=C(C(=O)OC)c1c(Oc2cccc(Oc3ccccc3C#N)c2)nc(C)nc1SC. The zero-order valence-corrected chi connectivity index (χ0v) is 19.3. The van der Waals surface area contributed by atoms with E-state index in [9.17, 15) is 10.1 Å². The maximum Gasteiger partial charge on any atom is 0.341 e. The number of nitrogens with zero attached hydrogens (tertiary/aromatic N) is 3. The largest absolute Gasteiger partial charge is 0.503 e. The van der Waals surface area contributed by atoms with E-state index in [1.807, 2.05) is 6.26 Å². The molecule has 1 heterocycles. The number of benzene rings is 2. The van der Waals surface area contributed by atoms with Crippen LogP contribution >= 0.6 is 11.8 Å². The van der Waals surface area contributed by atoms with Crippen LogP contribution in [0.2, 0.25) is 0 Å². The number of para-hydroxylation sites is 1. The average Bonchev–Trinajstić information content (AvgIpc) is 2.82. The van der Waals surface area contributed by atoms with Gasteiger partial charge >= 0.3 is 5.97 Å². The molecule has 2 aromatic carbocycles. The molecule has 0 atom stereocenters. The summed E-state index contributed by atoms with van der Waals surface area (Å²) in [6.45, 7) is 1.73.